The summed E-state index contributed by atoms with van der Waals surface area (Å²) in [5.74, 6) is -0.110. The van der Waals surface area contributed by atoms with E-state index < -0.39 is 18.7 Å². The normalized spacial score (nSPS) is 15.4. The van der Waals surface area contributed by atoms with E-state index >= 15 is 0 Å². The van der Waals surface area contributed by atoms with Crippen molar-refractivity contribution < 1.29 is 32.5 Å². The molecule has 0 saturated carbocycles. The minimum absolute atomic E-state index is 0.0649. The largest absolute Gasteiger partial charge is 0.490 e. The molecule has 10 heteroatoms. The van der Waals surface area contributed by atoms with E-state index in [0.717, 1.165) is 42.6 Å². The van der Waals surface area contributed by atoms with Crippen molar-refractivity contribution in [1.29, 1.82) is 0 Å². The number of carbonyl (C=O) groups is 1. The Morgan fingerprint density at radius 1 is 1.18 bits per heavy atom. The first-order valence-electron chi connectivity index (χ1n) is 13.9. The molecule has 2 aromatic carbocycles. The standard InChI is InChI=1S/C30H42F3N3O4/c1-4-11-29(3,12-16-39-25-8-5-6-9-26(25)40-20-30(31,32)33)35-21(2)17-22-18-23-10-14-36(13-7-15-37)27(23)24(19-22)28(34)38/h5-6,8-9,18-19,21,35,37H,4,7,10-17,20H2,1-3H3,(H2,34,38)/t21-,29?/m1/s1. The van der Waals surface area contributed by atoms with Crippen molar-refractivity contribution in [3.05, 3.63) is 53.1 Å². The molecule has 4 N–H and O–H groups in total. The smallest absolute Gasteiger partial charge is 0.422 e. The SMILES string of the molecule is CCCC(C)(CCOc1ccccc1OCC(F)(F)F)N[C@H](C)Cc1cc2c(c(C(N)=O)c1)N(CCCO)CC2. The number of nitrogens with two attached hydrogens (primary N) is 1. The van der Waals surface area contributed by atoms with Crippen molar-refractivity contribution >= 4 is 11.6 Å². The van der Waals surface area contributed by atoms with Crippen LogP contribution in [-0.2, 0) is 12.8 Å². The number of ether oxygens (including phenoxy) is 2. The maximum atomic E-state index is 12.6. The third-order valence-electron chi connectivity index (χ3n) is 7.16. The van der Waals surface area contributed by atoms with Crippen LogP contribution in [0.2, 0.25) is 0 Å². The molecule has 0 spiro atoms. The predicted molar refractivity (Wildman–Crippen MR) is 150 cm³/mol. The topological polar surface area (TPSA) is 97.1 Å². The van der Waals surface area contributed by atoms with Crippen LogP contribution in [-0.4, -0.2) is 61.7 Å². The van der Waals surface area contributed by atoms with Gasteiger partial charge in [-0.2, -0.15) is 13.2 Å². The third kappa shape index (κ3) is 9.02. The van der Waals surface area contributed by atoms with Crippen LogP contribution in [0, 0.1) is 0 Å². The molecule has 1 heterocycles. The van der Waals surface area contributed by atoms with Crippen LogP contribution in [0.25, 0.3) is 0 Å². The molecular formula is C30H42F3N3O4. The number of benzene rings is 2. The molecule has 40 heavy (non-hydrogen) atoms. The first-order chi connectivity index (χ1) is 18.9. The first kappa shape index (κ1) is 31.5. The Balaban J connectivity index is 1.65. The molecule has 2 aromatic rings. The minimum atomic E-state index is -4.43. The Morgan fingerprint density at radius 3 is 2.50 bits per heavy atom. The summed E-state index contributed by atoms with van der Waals surface area (Å²) < 4.78 is 48.7. The zero-order chi connectivity index (χ0) is 29.3. The van der Waals surface area contributed by atoms with E-state index in [4.69, 9.17) is 15.2 Å². The fraction of sp³-hybridized carbons (Fsp3) is 0.567. The minimum Gasteiger partial charge on any atom is -0.490 e. The number of para-hydroxylation sites is 2. The van der Waals surface area contributed by atoms with Gasteiger partial charge in [0.1, 0.15) is 0 Å². The van der Waals surface area contributed by atoms with E-state index in [-0.39, 0.29) is 29.7 Å². The fourth-order valence-electron chi connectivity index (χ4n) is 5.54. The van der Waals surface area contributed by atoms with Gasteiger partial charge in [0.15, 0.2) is 18.1 Å². The predicted octanol–water partition coefficient (Wildman–Crippen LogP) is 5.02. The number of aliphatic hydroxyl groups excluding tert-OH is 1. The van der Waals surface area contributed by atoms with Crippen LogP contribution in [0.1, 0.15) is 67.9 Å². The van der Waals surface area contributed by atoms with Crippen molar-refractivity contribution in [3.8, 4) is 11.5 Å². The highest BCUT2D eigenvalue weighted by Crippen LogP contribution is 2.34. The molecule has 0 aromatic heterocycles. The van der Waals surface area contributed by atoms with Crippen molar-refractivity contribution in [2.24, 2.45) is 5.73 Å². The molecule has 0 fully saturated rings. The number of primary amides is 1. The summed E-state index contributed by atoms with van der Waals surface area (Å²) in [5, 5.41) is 13.0. The van der Waals surface area contributed by atoms with Crippen LogP contribution in [0.15, 0.2) is 36.4 Å². The first-order valence-corrected chi connectivity index (χ1v) is 13.9. The van der Waals surface area contributed by atoms with Crippen molar-refractivity contribution in [2.45, 2.75) is 77.1 Å². The Morgan fingerprint density at radius 2 is 1.88 bits per heavy atom. The molecule has 1 unspecified atom stereocenters. The van der Waals surface area contributed by atoms with Gasteiger partial charge in [0.2, 0.25) is 0 Å². The second kappa shape index (κ2) is 14.1. The number of carbonyl (C=O) groups excluding carboxylic acids is 1. The number of halogens is 3. The average molecular weight is 566 g/mol. The lowest BCUT2D eigenvalue weighted by molar-refractivity contribution is -0.153. The van der Waals surface area contributed by atoms with Crippen LogP contribution in [0.4, 0.5) is 18.9 Å². The zero-order valence-corrected chi connectivity index (χ0v) is 23.7. The van der Waals surface area contributed by atoms with Gasteiger partial charge in [-0.05, 0) is 75.3 Å². The quantitative estimate of drug-likeness (QED) is 0.265. The van der Waals surface area contributed by atoms with Crippen molar-refractivity contribution in [1.82, 2.24) is 5.32 Å². The number of hydrogen-bond donors (Lipinski definition) is 3. The molecule has 1 amide bonds. The van der Waals surface area contributed by atoms with E-state index in [2.05, 4.69) is 37.1 Å². The number of rotatable bonds is 16. The maximum absolute atomic E-state index is 12.6. The molecular weight excluding hydrogens is 523 g/mol. The van der Waals surface area contributed by atoms with Gasteiger partial charge in [-0.1, -0.05) is 31.5 Å². The number of amides is 1. The molecule has 0 saturated heterocycles. The lowest BCUT2D eigenvalue weighted by atomic mass is 9.90. The molecule has 0 radical (unpaired) electrons. The summed E-state index contributed by atoms with van der Waals surface area (Å²) >= 11 is 0. The number of alkyl halides is 3. The van der Waals surface area contributed by atoms with Gasteiger partial charge in [-0.25, -0.2) is 0 Å². The molecule has 1 aliphatic heterocycles. The highest BCUT2D eigenvalue weighted by Gasteiger charge is 2.30. The molecule has 0 aliphatic carbocycles. The van der Waals surface area contributed by atoms with Crippen LogP contribution < -0.4 is 25.4 Å². The number of aliphatic hydroxyl groups is 1. The van der Waals surface area contributed by atoms with Crippen LogP contribution in [0.5, 0.6) is 11.5 Å². The number of nitrogens with zero attached hydrogens (tertiary/aromatic N) is 1. The number of fused-ring (bicyclic) bond motifs is 1. The summed E-state index contributed by atoms with van der Waals surface area (Å²) in [5.41, 5.74) is 9.03. The second-order valence-corrected chi connectivity index (χ2v) is 10.8. The molecule has 2 atom stereocenters. The van der Waals surface area contributed by atoms with Gasteiger partial charge in [-0.3, -0.25) is 4.79 Å². The fourth-order valence-corrected chi connectivity index (χ4v) is 5.54. The summed E-state index contributed by atoms with van der Waals surface area (Å²) in [7, 11) is 0. The lowest BCUT2D eigenvalue weighted by Crippen LogP contribution is -2.48. The van der Waals surface area contributed by atoms with Gasteiger partial charge >= 0.3 is 6.18 Å². The Labute approximate surface area is 234 Å². The molecule has 1 aliphatic rings. The van der Waals surface area contributed by atoms with E-state index in [9.17, 15) is 23.1 Å². The van der Waals surface area contributed by atoms with E-state index in [0.29, 0.717) is 38.0 Å². The summed E-state index contributed by atoms with van der Waals surface area (Å²) in [6, 6.07) is 10.5. The van der Waals surface area contributed by atoms with Crippen molar-refractivity contribution in [3.63, 3.8) is 0 Å². The van der Waals surface area contributed by atoms with Crippen LogP contribution >= 0.6 is 0 Å². The van der Waals surface area contributed by atoms with E-state index in [1.54, 1.807) is 18.2 Å². The van der Waals surface area contributed by atoms with Gasteiger partial charge in [0.05, 0.1) is 17.9 Å². The maximum Gasteiger partial charge on any atom is 0.422 e. The third-order valence-corrected chi connectivity index (χ3v) is 7.16. The van der Waals surface area contributed by atoms with Crippen LogP contribution in [0.3, 0.4) is 0 Å². The Bertz CT molecular complexity index is 1130. The molecule has 3 rings (SSSR count). The number of anilines is 1. The number of hydrogen-bond acceptors (Lipinski definition) is 6. The number of nitrogens with one attached hydrogen (secondary N) is 1. The summed E-state index contributed by atoms with van der Waals surface area (Å²) in [4.78, 5) is 14.5. The highest BCUT2D eigenvalue weighted by atomic mass is 19.4. The molecule has 7 nitrogen and oxygen atoms in total. The Kier molecular flexibility index (Phi) is 11.1. The summed E-state index contributed by atoms with van der Waals surface area (Å²) in [6.07, 6.45) is 0.179. The molecule has 222 valence electrons. The summed E-state index contributed by atoms with van der Waals surface area (Å²) in [6.45, 7) is 6.83. The lowest BCUT2D eigenvalue weighted by Gasteiger charge is -2.34. The van der Waals surface area contributed by atoms with Gasteiger partial charge in [-0.15, -0.1) is 0 Å². The van der Waals surface area contributed by atoms with E-state index in [1.165, 1.54) is 6.07 Å². The monoisotopic (exact) mass is 565 g/mol. The van der Waals surface area contributed by atoms with Gasteiger partial charge < -0.3 is 30.5 Å². The Hall–Kier alpha value is -2.98. The average Bonchev–Trinajstić information content (AvgIpc) is 3.28. The van der Waals surface area contributed by atoms with Crippen molar-refractivity contribution in [2.75, 3.05) is 37.8 Å². The zero-order valence-electron chi connectivity index (χ0n) is 23.7. The van der Waals surface area contributed by atoms with E-state index in [1.807, 2.05) is 6.07 Å². The highest BCUT2D eigenvalue weighted by molar-refractivity contribution is 6.00. The molecule has 0 bridgehead atoms. The van der Waals surface area contributed by atoms with Gasteiger partial charge in [0.25, 0.3) is 5.91 Å². The van der Waals surface area contributed by atoms with Gasteiger partial charge in [0, 0.05) is 31.3 Å². The second-order valence-electron chi connectivity index (χ2n) is 10.8.